The van der Waals surface area contributed by atoms with E-state index < -0.39 is 5.41 Å². The molecule has 0 radical (unpaired) electrons. The van der Waals surface area contributed by atoms with E-state index in [4.69, 9.17) is 10.9 Å². The van der Waals surface area contributed by atoms with E-state index in [1.54, 1.807) is 18.3 Å². The first-order valence-electron chi connectivity index (χ1n) is 6.13. The Hall–Kier alpha value is -2.18. The fourth-order valence-corrected chi connectivity index (χ4v) is 1.91. The minimum atomic E-state index is -0.989. The summed E-state index contributed by atoms with van der Waals surface area (Å²) in [4.78, 5) is 12.3. The first-order valence-corrected chi connectivity index (χ1v) is 6.13. The van der Waals surface area contributed by atoms with Crippen molar-refractivity contribution in [1.29, 1.82) is 0 Å². The molecule has 0 bridgehead atoms. The Balaban J connectivity index is 2.79. The molecule has 7 nitrogen and oxygen atoms in total. The van der Waals surface area contributed by atoms with Crippen molar-refractivity contribution >= 4 is 11.7 Å². The number of amidine groups is 1. The van der Waals surface area contributed by atoms with Crippen LogP contribution in [-0.4, -0.2) is 27.1 Å². The van der Waals surface area contributed by atoms with Gasteiger partial charge in [-0.25, -0.2) is 0 Å². The molecule has 1 heterocycles. The number of rotatable bonds is 6. The highest BCUT2D eigenvalue weighted by atomic mass is 16.4. The number of carbonyl (C=O) groups excluding carboxylic acids is 1. The number of hydrogen-bond acceptors (Lipinski definition) is 5. The largest absolute Gasteiger partial charge is 0.409 e. The average molecular weight is 265 g/mol. The molecule has 104 valence electrons. The molecule has 0 aromatic carbocycles. The van der Waals surface area contributed by atoms with Gasteiger partial charge in [0, 0.05) is 6.20 Å². The summed E-state index contributed by atoms with van der Waals surface area (Å²) < 4.78 is 0. The molecule has 1 aromatic rings. The van der Waals surface area contributed by atoms with Crippen molar-refractivity contribution in [3.63, 3.8) is 0 Å². The molecule has 0 saturated carbocycles. The van der Waals surface area contributed by atoms with Crippen molar-refractivity contribution in [1.82, 2.24) is 15.5 Å². The van der Waals surface area contributed by atoms with Crippen molar-refractivity contribution < 1.29 is 10.0 Å². The van der Waals surface area contributed by atoms with Crippen LogP contribution in [0.15, 0.2) is 23.5 Å². The van der Waals surface area contributed by atoms with Crippen LogP contribution in [0.5, 0.6) is 0 Å². The maximum absolute atomic E-state index is 12.3. The standard InChI is InChI=1S/C12H19N5O2/c1-3-12(4-2,10(13)17-19)11(18)14-8-9-6-5-7-15-16-9/h5-7,19H,3-4,8H2,1-2H3,(H2,13,17)(H,14,18). The quantitative estimate of drug-likeness (QED) is 0.302. The Labute approximate surface area is 111 Å². The smallest absolute Gasteiger partial charge is 0.234 e. The molecule has 1 rings (SSSR count). The van der Waals surface area contributed by atoms with Crippen LogP contribution in [0, 0.1) is 5.41 Å². The monoisotopic (exact) mass is 265 g/mol. The third-order valence-electron chi connectivity index (χ3n) is 3.30. The number of hydrogen-bond donors (Lipinski definition) is 3. The summed E-state index contributed by atoms with van der Waals surface area (Å²) in [5, 5.41) is 22.2. The molecule has 0 aliphatic carbocycles. The zero-order chi connectivity index (χ0) is 14.3. The van der Waals surface area contributed by atoms with Crippen LogP contribution in [0.3, 0.4) is 0 Å². The molecule has 1 amide bonds. The van der Waals surface area contributed by atoms with Gasteiger partial charge in [0.15, 0.2) is 5.84 Å². The first-order chi connectivity index (χ1) is 9.10. The van der Waals surface area contributed by atoms with E-state index in [9.17, 15) is 4.79 Å². The molecular formula is C12H19N5O2. The van der Waals surface area contributed by atoms with E-state index in [1.807, 2.05) is 13.8 Å². The summed E-state index contributed by atoms with van der Waals surface area (Å²) in [6, 6.07) is 3.50. The molecule has 0 unspecified atom stereocenters. The lowest BCUT2D eigenvalue weighted by atomic mass is 9.80. The number of oxime groups is 1. The van der Waals surface area contributed by atoms with E-state index in [-0.39, 0.29) is 18.3 Å². The predicted molar refractivity (Wildman–Crippen MR) is 70.3 cm³/mol. The summed E-state index contributed by atoms with van der Waals surface area (Å²) in [6.07, 6.45) is 2.46. The van der Waals surface area contributed by atoms with Gasteiger partial charge in [0.2, 0.25) is 5.91 Å². The van der Waals surface area contributed by atoms with E-state index in [0.29, 0.717) is 18.5 Å². The third-order valence-corrected chi connectivity index (χ3v) is 3.30. The van der Waals surface area contributed by atoms with Gasteiger partial charge in [-0.1, -0.05) is 19.0 Å². The molecule has 0 spiro atoms. The van der Waals surface area contributed by atoms with Gasteiger partial charge in [-0.3, -0.25) is 4.79 Å². The molecular weight excluding hydrogens is 246 g/mol. The van der Waals surface area contributed by atoms with Crippen molar-refractivity contribution in [2.75, 3.05) is 0 Å². The zero-order valence-corrected chi connectivity index (χ0v) is 11.1. The summed E-state index contributed by atoms with van der Waals surface area (Å²) in [5.74, 6) is -0.354. The van der Waals surface area contributed by atoms with E-state index in [0.717, 1.165) is 0 Å². The molecule has 0 saturated heterocycles. The molecule has 1 aromatic heterocycles. The van der Waals surface area contributed by atoms with Gasteiger partial charge in [-0.05, 0) is 25.0 Å². The van der Waals surface area contributed by atoms with Gasteiger partial charge in [0.25, 0.3) is 0 Å². The Kier molecular flexibility index (Phi) is 5.23. The topological polar surface area (TPSA) is 113 Å². The highest BCUT2D eigenvalue weighted by Gasteiger charge is 2.39. The second-order valence-electron chi connectivity index (χ2n) is 4.17. The van der Waals surface area contributed by atoms with Crippen molar-refractivity contribution in [2.45, 2.75) is 33.2 Å². The molecule has 7 heteroatoms. The normalized spacial score (nSPS) is 12.2. The number of aromatic nitrogens is 2. The highest BCUT2D eigenvalue weighted by molar-refractivity contribution is 6.06. The molecule has 0 aliphatic heterocycles. The maximum atomic E-state index is 12.3. The summed E-state index contributed by atoms with van der Waals surface area (Å²) in [7, 11) is 0. The average Bonchev–Trinajstić information content (AvgIpc) is 2.47. The van der Waals surface area contributed by atoms with E-state index in [2.05, 4.69) is 20.7 Å². The van der Waals surface area contributed by atoms with Gasteiger partial charge in [-0.2, -0.15) is 10.2 Å². The SMILES string of the molecule is CCC(CC)(C(=O)NCc1cccnn1)/C(N)=N/O. The lowest BCUT2D eigenvalue weighted by Gasteiger charge is -2.28. The number of nitrogens with two attached hydrogens (primary N) is 1. The lowest BCUT2D eigenvalue weighted by Crippen LogP contribution is -2.49. The van der Waals surface area contributed by atoms with Crippen LogP contribution in [0.2, 0.25) is 0 Å². The van der Waals surface area contributed by atoms with E-state index >= 15 is 0 Å². The van der Waals surface area contributed by atoms with Crippen molar-refractivity contribution in [2.24, 2.45) is 16.3 Å². The Morgan fingerprint density at radius 1 is 1.53 bits per heavy atom. The lowest BCUT2D eigenvalue weighted by molar-refractivity contribution is -0.128. The number of amides is 1. The molecule has 4 N–H and O–H groups in total. The highest BCUT2D eigenvalue weighted by Crippen LogP contribution is 2.27. The van der Waals surface area contributed by atoms with Gasteiger partial charge in [0.1, 0.15) is 5.41 Å². The molecule has 0 aliphatic rings. The van der Waals surface area contributed by atoms with Crippen molar-refractivity contribution in [3.8, 4) is 0 Å². The molecule has 19 heavy (non-hydrogen) atoms. The zero-order valence-electron chi connectivity index (χ0n) is 11.1. The van der Waals surface area contributed by atoms with Crippen LogP contribution in [-0.2, 0) is 11.3 Å². The number of nitrogens with one attached hydrogen (secondary N) is 1. The van der Waals surface area contributed by atoms with Crippen LogP contribution in [0.4, 0.5) is 0 Å². The molecule has 0 atom stereocenters. The first kappa shape index (κ1) is 14.9. The van der Waals surface area contributed by atoms with Crippen LogP contribution < -0.4 is 11.1 Å². The molecule has 0 fully saturated rings. The number of nitrogens with zero attached hydrogens (tertiary/aromatic N) is 3. The minimum absolute atomic E-state index is 0.0749. The fourth-order valence-electron chi connectivity index (χ4n) is 1.91. The number of carbonyl (C=O) groups is 1. The Bertz CT molecular complexity index is 443. The predicted octanol–water partition coefficient (Wildman–Crippen LogP) is 0.646. The Morgan fingerprint density at radius 3 is 2.68 bits per heavy atom. The fraction of sp³-hybridized carbons (Fsp3) is 0.500. The minimum Gasteiger partial charge on any atom is -0.409 e. The van der Waals surface area contributed by atoms with Gasteiger partial charge in [0.05, 0.1) is 12.2 Å². The van der Waals surface area contributed by atoms with E-state index in [1.165, 1.54) is 0 Å². The van der Waals surface area contributed by atoms with Crippen molar-refractivity contribution in [3.05, 3.63) is 24.0 Å². The second-order valence-corrected chi connectivity index (χ2v) is 4.17. The van der Waals surface area contributed by atoms with Gasteiger partial charge < -0.3 is 16.3 Å². The third kappa shape index (κ3) is 3.18. The summed E-state index contributed by atoms with van der Waals surface area (Å²) in [5.41, 5.74) is 5.31. The summed E-state index contributed by atoms with van der Waals surface area (Å²) >= 11 is 0. The van der Waals surface area contributed by atoms with Crippen LogP contribution in [0.1, 0.15) is 32.4 Å². The van der Waals surface area contributed by atoms with Gasteiger partial charge in [-0.15, -0.1) is 0 Å². The summed E-state index contributed by atoms with van der Waals surface area (Å²) in [6.45, 7) is 3.90. The maximum Gasteiger partial charge on any atom is 0.234 e. The Morgan fingerprint density at radius 2 is 2.21 bits per heavy atom. The van der Waals surface area contributed by atoms with Crippen LogP contribution >= 0.6 is 0 Å². The second kappa shape index (κ2) is 6.67. The van der Waals surface area contributed by atoms with Gasteiger partial charge >= 0.3 is 0 Å². The van der Waals surface area contributed by atoms with Crippen LogP contribution in [0.25, 0.3) is 0 Å².